The van der Waals surface area contributed by atoms with E-state index in [0.717, 1.165) is 5.56 Å². The van der Waals surface area contributed by atoms with Crippen LogP contribution in [-0.2, 0) is 4.74 Å². The zero-order chi connectivity index (χ0) is 16.9. The monoisotopic (exact) mass is 325 g/mol. The van der Waals surface area contributed by atoms with E-state index in [1.165, 1.54) is 0 Å². The van der Waals surface area contributed by atoms with Gasteiger partial charge in [0.1, 0.15) is 5.75 Å². The summed E-state index contributed by atoms with van der Waals surface area (Å²) >= 11 is 0. The SMILES string of the molecule is Cc1ccccc1OC(=O)c1ccccc1C(=O)N1CCOCC1. The second-order valence-corrected chi connectivity index (χ2v) is 5.61. The highest BCUT2D eigenvalue weighted by atomic mass is 16.5. The van der Waals surface area contributed by atoms with E-state index >= 15 is 0 Å². The minimum absolute atomic E-state index is 0.171. The number of ether oxygens (including phenoxy) is 2. The van der Waals surface area contributed by atoms with Crippen LogP contribution in [0.5, 0.6) is 5.75 Å². The van der Waals surface area contributed by atoms with E-state index in [1.807, 2.05) is 19.1 Å². The van der Waals surface area contributed by atoms with Crippen LogP contribution in [-0.4, -0.2) is 43.1 Å². The highest BCUT2D eigenvalue weighted by Gasteiger charge is 2.24. The van der Waals surface area contributed by atoms with Gasteiger partial charge in [-0.2, -0.15) is 0 Å². The van der Waals surface area contributed by atoms with Crippen molar-refractivity contribution >= 4 is 11.9 Å². The summed E-state index contributed by atoms with van der Waals surface area (Å²) in [6.07, 6.45) is 0. The molecular formula is C19H19NO4. The number of rotatable bonds is 3. The van der Waals surface area contributed by atoms with Crippen molar-refractivity contribution in [2.24, 2.45) is 0 Å². The van der Waals surface area contributed by atoms with Gasteiger partial charge in [0.2, 0.25) is 0 Å². The molecule has 1 heterocycles. The summed E-state index contributed by atoms with van der Waals surface area (Å²) in [7, 11) is 0. The van der Waals surface area contributed by atoms with Gasteiger partial charge in [0.05, 0.1) is 24.3 Å². The number of esters is 1. The predicted octanol–water partition coefficient (Wildman–Crippen LogP) is 2.69. The molecule has 124 valence electrons. The normalized spacial score (nSPS) is 14.3. The highest BCUT2D eigenvalue weighted by molar-refractivity contribution is 6.05. The Labute approximate surface area is 140 Å². The number of amides is 1. The lowest BCUT2D eigenvalue weighted by Gasteiger charge is -2.27. The van der Waals surface area contributed by atoms with E-state index in [2.05, 4.69) is 0 Å². The van der Waals surface area contributed by atoms with Gasteiger partial charge in [0.25, 0.3) is 5.91 Å². The van der Waals surface area contributed by atoms with Crippen molar-refractivity contribution in [1.82, 2.24) is 4.90 Å². The summed E-state index contributed by atoms with van der Waals surface area (Å²) in [6, 6.07) is 14.0. The number of hydrogen-bond donors (Lipinski definition) is 0. The number of carbonyl (C=O) groups excluding carboxylic acids is 2. The summed E-state index contributed by atoms with van der Waals surface area (Å²) in [5, 5.41) is 0. The minimum Gasteiger partial charge on any atom is -0.423 e. The third-order valence-electron chi connectivity index (χ3n) is 3.97. The maximum Gasteiger partial charge on any atom is 0.344 e. The van der Waals surface area contributed by atoms with Crippen molar-refractivity contribution in [2.75, 3.05) is 26.3 Å². The van der Waals surface area contributed by atoms with Crippen molar-refractivity contribution < 1.29 is 19.1 Å². The topological polar surface area (TPSA) is 55.8 Å². The molecule has 1 aliphatic heterocycles. The quantitative estimate of drug-likeness (QED) is 0.643. The van der Waals surface area contributed by atoms with Gasteiger partial charge in [-0.25, -0.2) is 4.79 Å². The molecule has 0 atom stereocenters. The Kier molecular flexibility index (Phi) is 4.91. The van der Waals surface area contributed by atoms with Gasteiger partial charge in [-0.1, -0.05) is 30.3 Å². The average Bonchev–Trinajstić information content (AvgIpc) is 2.63. The van der Waals surface area contributed by atoms with Gasteiger partial charge in [-0.05, 0) is 30.7 Å². The molecule has 5 heteroatoms. The lowest BCUT2D eigenvalue weighted by molar-refractivity contribution is 0.0300. The molecule has 0 aromatic heterocycles. The smallest absolute Gasteiger partial charge is 0.344 e. The standard InChI is InChI=1S/C19H19NO4/c1-14-6-2-5-9-17(14)24-19(22)16-8-4-3-7-15(16)18(21)20-10-12-23-13-11-20/h2-9H,10-13H2,1H3. The van der Waals surface area contributed by atoms with E-state index in [1.54, 1.807) is 41.3 Å². The van der Waals surface area contributed by atoms with Crippen LogP contribution in [0.4, 0.5) is 0 Å². The molecule has 2 aromatic carbocycles. The first-order valence-corrected chi connectivity index (χ1v) is 7.90. The number of aryl methyl sites for hydroxylation is 1. The summed E-state index contributed by atoms with van der Waals surface area (Å²) in [4.78, 5) is 27.0. The number of benzene rings is 2. The number of carbonyl (C=O) groups is 2. The first-order chi connectivity index (χ1) is 11.7. The van der Waals surface area contributed by atoms with Gasteiger partial charge in [-0.15, -0.1) is 0 Å². The molecule has 24 heavy (non-hydrogen) atoms. The Morgan fingerprint density at radius 1 is 0.958 bits per heavy atom. The van der Waals surface area contributed by atoms with Crippen LogP contribution in [0.15, 0.2) is 48.5 Å². The fraction of sp³-hybridized carbons (Fsp3) is 0.263. The fourth-order valence-corrected chi connectivity index (χ4v) is 2.61. The van der Waals surface area contributed by atoms with Crippen LogP contribution in [0.3, 0.4) is 0 Å². The predicted molar refractivity (Wildman–Crippen MR) is 89.3 cm³/mol. The van der Waals surface area contributed by atoms with Crippen LogP contribution in [0, 0.1) is 6.92 Å². The molecule has 5 nitrogen and oxygen atoms in total. The number of morpholine rings is 1. The molecule has 0 radical (unpaired) electrons. The van der Waals surface area contributed by atoms with Crippen molar-refractivity contribution in [3.05, 3.63) is 65.2 Å². The molecule has 0 saturated carbocycles. The molecule has 1 fully saturated rings. The van der Waals surface area contributed by atoms with E-state index in [9.17, 15) is 9.59 Å². The minimum atomic E-state index is -0.526. The largest absolute Gasteiger partial charge is 0.423 e. The van der Waals surface area contributed by atoms with Crippen molar-refractivity contribution in [3.63, 3.8) is 0 Å². The van der Waals surface area contributed by atoms with E-state index < -0.39 is 5.97 Å². The van der Waals surface area contributed by atoms with E-state index in [0.29, 0.717) is 37.6 Å². The first-order valence-electron chi connectivity index (χ1n) is 7.90. The van der Waals surface area contributed by atoms with Crippen LogP contribution in [0.25, 0.3) is 0 Å². The molecular weight excluding hydrogens is 306 g/mol. The molecule has 0 bridgehead atoms. The highest BCUT2D eigenvalue weighted by Crippen LogP contribution is 2.20. The van der Waals surface area contributed by atoms with Crippen molar-refractivity contribution in [1.29, 1.82) is 0 Å². The Hall–Kier alpha value is -2.66. The maximum absolute atomic E-state index is 12.7. The van der Waals surface area contributed by atoms with Gasteiger partial charge in [-0.3, -0.25) is 4.79 Å². The van der Waals surface area contributed by atoms with Gasteiger partial charge in [0.15, 0.2) is 0 Å². The molecule has 2 aromatic rings. The third-order valence-corrected chi connectivity index (χ3v) is 3.97. The van der Waals surface area contributed by atoms with Gasteiger partial charge < -0.3 is 14.4 Å². The summed E-state index contributed by atoms with van der Waals surface area (Å²) in [5.41, 5.74) is 1.50. The average molecular weight is 325 g/mol. The Bertz CT molecular complexity index is 751. The second kappa shape index (κ2) is 7.27. The van der Waals surface area contributed by atoms with Crippen molar-refractivity contribution in [2.45, 2.75) is 6.92 Å². The molecule has 0 aliphatic carbocycles. The molecule has 3 rings (SSSR count). The molecule has 1 saturated heterocycles. The van der Waals surface area contributed by atoms with E-state index in [4.69, 9.17) is 9.47 Å². The summed E-state index contributed by atoms with van der Waals surface area (Å²) in [6.45, 7) is 3.95. The van der Waals surface area contributed by atoms with Crippen LogP contribution >= 0.6 is 0 Å². The van der Waals surface area contributed by atoms with Crippen LogP contribution < -0.4 is 4.74 Å². The molecule has 0 spiro atoms. The van der Waals surface area contributed by atoms with Crippen LogP contribution in [0.1, 0.15) is 26.3 Å². The summed E-state index contributed by atoms with van der Waals surface area (Å²) in [5.74, 6) is -0.201. The number of nitrogens with zero attached hydrogens (tertiary/aromatic N) is 1. The number of para-hydroxylation sites is 1. The van der Waals surface area contributed by atoms with Crippen molar-refractivity contribution in [3.8, 4) is 5.75 Å². The van der Waals surface area contributed by atoms with Gasteiger partial charge in [0, 0.05) is 13.1 Å². The van der Waals surface area contributed by atoms with Crippen LogP contribution in [0.2, 0.25) is 0 Å². The Morgan fingerprint density at radius 3 is 2.29 bits per heavy atom. The third kappa shape index (κ3) is 3.46. The Balaban J connectivity index is 1.84. The molecule has 1 amide bonds. The second-order valence-electron chi connectivity index (χ2n) is 5.61. The lowest BCUT2D eigenvalue weighted by Crippen LogP contribution is -2.41. The molecule has 0 N–H and O–H groups in total. The lowest BCUT2D eigenvalue weighted by atomic mass is 10.1. The fourth-order valence-electron chi connectivity index (χ4n) is 2.61. The Morgan fingerprint density at radius 2 is 1.58 bits per heavy atom. The zero-order valence-corrected chi connectivity index (χ0v) is 13.5. The zero-order valence-electron chi connectivity index (χ0n) is 13.5. The molecule has 0 unspecified atom stereocenters. The number of hydrogen-bond acceptors (Lipinski definition) is 4. The summed E-state index contributed by atoms with van der Waals surface area (Å²) < 4.78 is 10.7. The maximum atomic E-state index is 12.7. The van der Waals surface area contributed by atoms with Gasteiger partial charge >= 0.3 is 5.97 Å². The first kappa shape index (κ1) is 16.2. The van der Waals surface area contributed by atoms with E-state index in [-0.39, 0.29) is 11.5 Å². The molecule has 1 aliphatic rings.